The maximum absolute atomic E-state index is 10.1. The monoisotopic (exact) mass is 102 g/mol. The lowest BCUT2D eigenvalue weighted by atomic mass is 10.3. The lowest BCUT2D eigenvalue weighted by molar-refractivity contribution is -0.361. The molecule has 1 saturated heterocycles. The SMILES string of the molecule is CCC1OOC1=O. The zero-order valence-electron chi connectivity index (χ0n) is 4.01. The second kappa shape index (κ2) is 1.50. The molecule has 1 fully saturated rings. The van der Waals surface area contributed by atoms with Crippen LogP contribution in [0.5, 0.6) is 0 Å². The van der Waals surface area contributed by atoms with E-state index in [1.165, 1.54) is 0 Å². The Kier molecular flexibility index (Phi) is 0.982. The largest absolute Gasteiger partial charge is 0.375 e. The van der Waals surface area contributed by atoms with Gasteiger partial charge in [-0.3, -0.25) is 4.89 Å². The van der Waals surface area contributed by atoms with Crippen LogP contribution in [0.25, 0.3) is 0 Å². The molecule has 40 valence electrons. The highest BCUT2D eigenvalue weighted by Gasteiger charge is 2.31. The highest BCUT2D eigenvalue weighted by atomic mass is 17.3. The van der Waals surface area contributed by atoms with Gasteiger partial charge in [-0.25, -0.2) is 4.79 Å². The lowest BCUT2D eigenvalue weighted by Crippen LogP contribution is -2.36. The molecule has 1 heterocycles. The zero-order valence-corrected chi connectivity index (χ0v) is 4.01. The molecule has 0 bridgehead atoms. The van der Waals surface area contributed by atoms with Gasteiger partial charge in [0.1, 0.15) is 0 Å². The van der Waals surface area contributed by atoms with Crippen LogP contribution < -0.4 is 0 Å². The minimum Gasteiger partial charge on any atom is -0.294 e. The molecule has 0 radical (unpaired) electrons. The fraction of sp³-hybridized carbons (Fsp3) is 0.750. The molecule has 1 unspecified atom stereocenters. The molecule has 0 aromatic heterocycles. The molecule has 0 spiro atoms. The van der Waals surface area contributed by atoms with E-state index in [2.05, 4.69) is 9.78 Å². The number of carbonyl (C=O) groups excluding carboxylic acids is 1. The van der Waals surface area contributed by atoms with Gasteiger partial charge in [0.15, 0.2) is 0 Å². The Labute approximate surface area is 41.1 Å². The molecule has 3 nitrogen and oxygen atoms in total. The fourth-order valence-electron chi connectivity index (χ4n) is 0.390. The van der Waals surface area contributed by atoms with Gasteiger partial charge in [-0.1, -0.05) is 6.92 Å². The van der Waals surface area contributed by atoms with E-state index in [-0.39, 0.29) is 12.1 Å². The van der Waals surface area contributed by atoms with E-state index in [4.69, 9.17) is 0 Å². The van der Waals surface area contributed by atoms with Crippen LogP contribution in [-0.2, 0) is 14.6 Å². The van der Waals surface area contributed by atoms with Crippen LogP contribution in [0.4, 0.5) is 0 Å². The Morgan fingerprint density at radius 3 is 2.57 bits per heavy atom. The minimum atomic E-state index is -0.278. The summed E-state index contributed by atoms with van der Waals surface area (Å²) in [5.41, 5.74) is 0. The molecule has 0 N–H and O–H groups in total. The third kappa shape index (κ3) is 0.587. The summed E-state index contributed by atoms with van der Waals surface area (Å²) in [6.07, 6.45) is 0.429. The average Bonchev–Trinajstić information content (AvgIpc) is 1.65. The first-order chi connectivity index (χ1) is 3.34. The van der Waals surface area contributed by atoms with Crippen LogP contribution in [0, 0.1) is 0 Å². The van der Waals surface area contributed by atoms with Crippen molar-refractivity contribution in [3.8, 4) is 0 Å². The first-order valence-corrected chi connectivity index (χ1v) is 2.21. The van der Waals surface area contributed by atoms with E-state index in [1.54, 1.807) is 0 Å². The number of hydrogen-bond acceptors (Lipinski definition) is 3. The third-order valence-corrected chi connectivity index (χ3v) is 0.880. The first-order valence-electron chi connectivity index (χ1n) is 2.21. The standard InChI is InChI=1S/C4H6O3/c1-2-3-4(5)7-6-3/h3H,2H2,1H3. The highest BCUT2D eigenvalue weighted by Crippen LogP contribution is 2.10. The van der Waals surface area contributed by atoms with E-state index in [9.17, 15) is 4.79 Å². The predicted octanol–water partition coefficient (Wildman–Crippen LogP) is 0.253. The van der Waals surface area contributed by atoms with Crippen LogP contribution in [0.15, 0.2) is 0 Å². The average molecular weight is 102 g/mol. The smallest absolute Gasteiger partial charge is 0.294 e. The van der Waals surface area contributed by atoms with Crippen LogP contribution in [0.1, 0.15) is 13.3 Å². The normalized spacial score (nSPS) is 28.7. The minimum absolute atomic E-state index is 0.248. The van der Waals surface area contributed by atoms with Gasteiger partial charge in [0, 0.05) is 0 Å². The van der Waals surface area contributed by atoms with E-state index in [0.29, 0.717) is 6.42 Å². The summed E-state index contributed by atoms with van der Waals surface area (Å²) in [6, 6.07) is 0. The van der Waals surface area contributed by atoms with Crippen molar-refractivity contribution >= 4 is 5.97 Å². The molecule has 1 atom stereocenters. The van der Waals surface area contributed by atoms with Gasteiger partial charge in [-0.2, -0.15) is 4.89 Å². The fourth-order valence-corrected chi connectivity index (χ4v) is 0.390. The Bertz CT molecular complexity index is 86.9. The van der Waals surface area contributed by atoms with Crippen molar-refractivity contribution in [1.82, 2.24) is 0 Å². The quantitative estimate of drug-likeness (QED) is 0.445. The van der Waals surface area contributed by atoms with Gasteiger partial charge < -0.3 is 0 Å². The molecular weight excluding hydrogens is 96.0 g/mol. The summed E-state index contributed by atoms with van der Waals surface area (Å²) in [5, 5.41) is 0. The van der Waals surface area contributed by atoms with Crippen LogP contribution in [0.3, 0.4) is 0 Å². The molecular formula is C4H6O3. The molecule has 3 heteroatoms. The Morgan fingerprint density at radius 1 is 1.86 bits per heavy atom. The van der Waals surface area contributed by atoms with E-state index in [1.807, 2.05) is 6.92 Å². The van der Waals surface area contributed by atoms with Crippen molar-refractivity contribution in [2.24, 2.45) is 0 Å². The topological polar surface area (TPSA) is 35.5 Å². The van der Waals surface area contributed by atoms with Gasteiger partial charge >= 0.3 is 5.97 Å². The van der Waals surface area contributed by atoms with Gasteiger partial charge in [-0.15, -0.1) is 0 Å². The van der Waals surface area contributed by atoms with Gasteiger partial charge in [0.2, 0.25) is 6.10 Å². The molecule has 0 amide bonds. The maximum Gasteiger partial charge on any atom is 0.375 e. The molecule has 0 aromatic carbocycles. The van der Waals surface area contributed by atoms with Crippen molar-refractivity contribution in [3.63, 3.8) is 0 Å². The summed E-state index contributed by atoms with van der Waals surface area (Å²) in [5.74, 6) is -0.248. The molecule has 1 aliphatic rings. The molecule has 0 aromatic rings. The van der Waals surface area contributed by atoms with Crippen molar-refractivity contribution in [3.05, 3.63) is 0 Å². The second-order valence-electron chi connectivity index (χ2n) is 1.40. The molecule has 1 rings (SSSR count). The zero-order chi connectivity index (χ0) is 5.28. The van der Waals surface area contributed by atoms with Crippen molar-refractivity contribution < 1.29 is 14.6 Å². The van der Waals surface area contributed by atoms with E-state index < -0.39 is 0 Å². The van der Waals surface area contributed by atoms with Crippen LogP contribution >= 0.6 is 0 Å². The molecule has 1 aliphatic heterocycles. The second-order valence-corrected chi connectivity index (χ2v) is 1.40. The summed E-state index contributed by atoms with van der Waals surface area (Å²) in [4.78, 5) is 18.5. The molecule has 0 aliphatic carbocycles. The van der Waals surface area contributed by atoms with Gasteiger partial charge in [0.25, 0.3) is 0 Å². The Balaban J connectivity index is 2.29. The van der Waals surface area contributed by atoms with Crippen LogP contribution in [-0.4, -0.2) is 12.1 Å². The molecule has 0 saturated carbocycles. The van der Waals surface area contributed by atoms with Crippen molar-refractivity contribution in [1.29, 1.82) is 0 Å². The summed E-state index contributed by atoms with van der Waals surface area (Å²) < 4.78 is 0. The highest BCUT2D eigenvalue weighted by molar-refractivity contribution is 5.76. The van der Waals surface area contributed by atoms with Crippen LogP contribution in [0.2, 0.25) is 0 Å². The summed E-state index contributed by atoms with van der Waals surface area (Å²) in [6.45, 7) is 1.87. The van der Waals surface area contributed by atoms with Gasteiger partial charge in [-0.05, 0) is 6.42 Å². The number of hydrogen-bond donors (Lipinski definition) is 0. The van der Waals surface area contributed by atoms with Crippen molar-refractivity contribution in [2.45, 2.75) is 19.4 Å². The Hall–Kier alpha value is -0.570. The van der Waals surface area contributed by atoms with Gasteiger partial charge in [0.05, 0.1) is 0 Å². The Morgan fingerprint density at radius 2 is 2.57 bits per heavy atom. The number of rotatable bonds is 1. The van der Waals surface area contributed by atoms with Crippen molar-refractivity contribution in [2.75, 3.05) is 0 Å². The number of carbonyl (C=O) groups is 1. The third-order valence-electron chi connectivity index (χ3n) is 0.880. The maximum atomic E-state index is 10.1. The lowest BCUT2D eigenvalue weighted by Gasteiger charge is -2.19. The molecule has 7 heavy (non-hydrogen) atoms. The summed E-state index contributed by atoms with van der Waals surface area (Å²) in [7, 11) is 0. The van der Waals surface area contributed by atoms with E-state index >= 15 is 0 Å². The predicted molar refractivity (Wildman–Crippen MR) is 21.3 cm³/mol. The van der Waals surface area contributed by atoms with E-state index in [0.717, 1.165) is 0 Å². The first kappa shape index (κ1) is 4.59. The summed E-state index contributed by atoms with van der Waals surface area (Å²) >= 11 is 0.